The molecule has 0 saturated carbocycles. The fourth-order valence-corrected chi connectivity index (χ4v) is 2.40. The molecule has 20 heavy (non-hydrogen) atoms. The van der Waals surface area contributed by atoms with Gasteiger partial charge in [0.05, 0.1) is 0 Å². The molecule has 0 fully saturated rings. The Balaban J connectivity index is 1.70. The Bertz CT molecular complexity index is 568. The van der Waals surface area contributed by atoms with Crippen LogP contribution in [0.3, 0.4) is 0 Å². The molecule has 0 amide bonds. The molecule has 0 saturated heterocycles. The number of benzene rings is 2. The van der Waals surface area contributed by atoms with Gasteiger partial charge >= 0.3 is 0 Å². The van der Waals surface area contributed by atoms with Crippen molar-refractivity contribution < 1.29 is 9.47 Å². The highest BCUT2D eigenvalue weighted by molar-refractivity contribution is 5.47. The van der Waals surface area contributed by atoms with E-state index in [-0.39, 0.29) is 0 Å². The fourth-order valence-electron chi connectivity index (χ4n) is 2.40. The summed E-state index contributed by atoms with van der Waals surface area (Å²) in [7, 11) is 0. The summed E-state index contributed by atoms with van der Waals surface area (Å²) in [6.07, 6.45) is 0. The third-order valence-electron chi connectivity index (χ3n) is 3.55. The van der Waals surface area contributed by atoms with E-state index in [1.807, 2.05) is 18.2 Å². The molecule has 1 atom stereocenters. The fraction of sp³-hybridized carbons (Fsp3) is 0.294. The first-order valence-electron chi connectivity index (χ1n) is 7.00. The summed E-state index contributed by atoms with van der Waals surface area (Å²) in [6.45, 7) is 4.19. The molecule has 1 heterocycles. The van der Waals surface area contributed by atoms with Gasteiger partial charge in [-0.2, -0.15) is 0 Å². The first-order chi connectivity index (χ1) is 9.84. The molecule has 0 bridgehead atoms. The van der Waals surface area contributed by atoms with Gasteiger partial charge < -0.3 is 14.8 Å². The molecular formula is C17H19NO2. The molecule has 3 rings (SSSR count). The Hall–Kier alpha value is -2.00. The van der Waals surface area contributed by atoms with Crippen LogP contribution in [0.5, 0.6) is 11.5 Å². The highest BCUT2D eigenvalue weighted by Crippen LogP contribution is 2.33. The Kier molecular flexibility index (Phi) is 3.88. The van der Waals surface area contributed by atoms with Crippen LogP contribution >= 0.6 is 0 Å². The van der Waals surface area contributed by atoms with E-state index in [1.165, 1.54) is 5.56 Å². The molecule has 104 valence electrons. The first-order valence-corrected chi connectivity index (χ1v) is 7.00. The lowest BCUT2D eigenvalue weighted by atomic mass is 10.1. The molecule has 0 aromatic heterocycles. The molecular weight excluding hydrogens is 250 g/mol. The monoisotopic (exact) mass is 269 g/mol. The lowest BCUT2D eigenvalue weighted by Gasteiger charge is -2.22. The van der Waals surface area contributed by atoms with Crippen LogP contribution in [0.4, 0.5) is 0 Å². The molecule has 1 aliphatic heterocycles. The maximum Gasteiger partial charge on any atom is 0.165 e. The third kappa shape index (κ3) is 2.78. The molecule has 0 aliphatic carbocycles. The Morgan fingerprint density at radius 1 is 1.00 bits per heavy atom. The zero-order valence-corrected chi connectivity index (χ0v) is 11.6. The van der Waals surface area contributed by atoms with Crippen molar-refractivity contribution in [1.82, 2.24) is 5.32 Å². The van der Waals surface area contributed by atoms with Gasteiger partial charge in [0.25, 0.3) is 0 Å². The van der Waals surface area contributed by atoms with Crippen LogP contribution in [0.25, 0.3) is 0 Å². The molecule has 3 nitrogen and oxygen atoms in total. The van der Waals surface area contributed by atoms with Crippen molar-refractivity contribution in [3.8, 4) is 11.5 Å². The minimum absolute atomic E-state index is 0.302. The van der Waals surface area contributed by atoms with Gasteiger partial charge in [-0.05, 0) is 18.6 Å². The van der Waals surface area contributed by atoms with E-state index < -0.39 is 0 Å². The van der Waals surface area contributed by atoms with Gasteiger partial charge in [-0.3, -0.25) is 0 Å². The Labute approximate surface area is 119 Å². The minimum Gasteiger partial charge on any atom is -0.486 e. The van der Waals surface area contributed by atoms with E-state index in [2.05, 4.69) is 42.6 Å². The summed E-state index contributed by atoms with van der Waals surface area (Å²) in [5, 5.41) is 3.53. The van der Waals surface area contributed by atoms with Gasteiger partial charge in [0.2, 0.25) is 0 Å². The van der Waals surface area contributed by atoms with E-state index >= 15 is 0 Å². The lowest BCUT2D eigenvalue weighted by molar-refractivity contribution is 0.169. The van der Waals surface area contributed by atoms with E-state index in [9.17, 15) is 0 Å². The SMILES string of the molecule is C[C@@H](NCc1cccc2c1OCCO2)c1ccccc1. The number of hydrogen-bond donors (Lipinski definition) is 1. The third-order valence-corrected chi connectivity index (χ3v) is 3.55. The average Bonchev–Trinajstić information content (AvgIpc) is 2.53. The Morgan fingerprint density at radius 2 is 1.80 bits per heavy atom. The number of ether oxygens (including phenoxy) is 2. The summed E-state index contributed by atoms with van der Waals surface area (Å²) in [5.41, 5.74) is 2.43. The number of hydrogen-bond acceptors (Lipinski definition) is 3. The molecule has 0 spiro atoms. The minimum atomic E-state index is 0.302. The van der Waals surface area contributed by atoms with E-state index in [1.54, 1.807) is 0 Å². The first kappa shape index (κ1) is 13.0. The quantitative estimate of drug-likeness (QED) is 0.923. The van der Waals surface area contributed by atoms with Gasteiger partial charge in [-0.1, -0.05) is 42.5 Å². The maximum atomic E-state index is 5.73. The van der Waals surface area contributed by atoms with E-state index in [4.69, 9.17) is 9.47 Å². The van der Waals surface area contributed by atoms with Crippen molar-refractivity contribution in [2.45, 2.75) is 19.5 Å². The standard InChI is InChI=1S/C17H19NO2/c1-13(14-6-3-2-4-7-14)18-12-15-8-5-9-16-17(15)20-11-10-19-16/h2-9,13,18H,10-12H2,1H3/t13-/m1/s1. The normalized spacial score (nSPS) is 14.8. The van der Waals surface area contributed by atoms with Crippen molar-refractivity contribution in [2.75, 3.05) is 13.2 Å². The van der Waals surface area contributed by atoms with Crippen molar-refractivity contribution in [2.24, 2.45) is 0 Å². The smallest absolute Gasteiger partial charge is 0.165 e. The van der Waals surface area contributed by atoms with Crippen LogP contribution in [0.2, 0.25) is 0 Å². The molecule has 0 unspecified atom stereocenters. The summed E-state index contributed by atoms with van der Waals surface area (Å²) >= 11 is 0. The molecule has 0 radical (unpaired) electrons. The molecule has 2 aromatic carbocycles. The van der Waals surface area contributed by atoms with Crippen LogP contribution < -0.4 is 14.8 Å². The van der Waals surface area contributed by atoms with Crippen LogP contribution in [-0.4, -0.2) is 13.2 Å². The summed E-state index contributed by atoms with van der Waals surface area (Å²) in [5.74, 6) is 1.73. The topological polar surface area (TPSA) is 30.5 Å². The van der Waals surface area contributed by atoms with Crippen LogP contribution in [0.1, 0.15) is 24.1 Å². The highest BCUT2D eigenvalue weighted by atomic mass is 16.6. The van der Waals surface area contributed by atoms with E-state index in [0.29, 0.717) is 19.3 Å². The summed E-state index contributed by atoms with van der Waals surface area (Å²) in [4.78, 5) is 0. The van der Waals surface area contributed by atoms with Crippen LogP contribution in [0, 0.1) is 0 Å². The average molecular weight is 269 g/mol. The predicted octanol–water partition coefficient (Wildman–Crippen LogP) is 3.31. The molecule has 2 aromatic rings. The largest absolute Gasteiger partial charge is 0.486 e. The van der Waals surface area contributed by atoms with Crippen LogP contribution in [-0.2, 0) is 6.54 Å². The van der Waals surface area contributed by atoms with Gasteiger partial charge in [-0.15, -0.1) is 0 Å². The van der Waals surface area contributed by atoms with Gasteiger partial charge in [0.1, 0.15) is 13.2 Å². The highest BCUT2D eigenvalue weighted by Gasteiger charge is 2.15. The van der Waals surface area contributed by atoms with Crippen molar-refractivity contribution >= 4 is 0 Å². The summed E-state index contributed by atoms with van der Waals surface area (Å²) < 4.78 is 11.3. The van der Waals surface area contributed by atoms with Gasteiger partial charge in [0, 0.05) is 18.2 Å². The van der Waals surface area contributed by atoms with Crippen LogP contribution in [0.15, 0.2) is 48.5 Å². The maximum absolute atomic E-state index is 5.73. The summed E-state index contributed by atoms with van der Waals surface area (Å²) in [6, 6.07) is 16.8. The lowest BCUT2D eigenvalue weighted by Crippen LogP contribution is -2.21. The van der Waals surface area contributed by atoms with Gasteiger partial charge in [-0.25, -0.2) is 0 Å². The second-order valence-corrected chi connectivity index (χ2v) is 4.95. The zero-order chi connectivity index (χ0) is 13.8. The second kappa shape index (κ2) is 5.97. The van der Waals surface area contributed by atoms with Crippen molar-refractivity contribution in [3.63, 3.8) is 0 Å². The molecule has 3 heteroatoms. The number of nitrogens with one attached hydrogen (secondary N) is 1. The van der Waals surface area contributed by atoms with E-state index in [0.717, 1.165) is 23.6 Å². The number of rotatable bonds is 4. The molecule has 1 N–H and O–H groups in total. The van der Waals surface area contributed by atoms with Crippen molar-refractivity contribution in [1.29, 1.82) is 0 Å². The number of fused-ring (bicyclic) bond motifs is 1. The van der Waals surface area contributed by atoms with Gasteiger partial charge in [0.15, 0.2) is 11.5 Å². The zero-order valence-electron chi connectivity index (χ0n) is 11.6. The van der Waals surface area contributed by atoms with Crippen molar-refractivity contribution in [3.05, 3.63) is 59.7 Å². The molecule has 1 aliphatic rings. The predicted molar refractivity (Wildman–Crippen MR) is 79.1 cm³/mol. The Morgan fingerprint density at radius 3 is 2.65 bits per heavy atom. The number of para-hydroxylation sites is 1. The second-order valence-electron chi connectivity index (χ2n) is 4.95.